The van der Waals surface area contributed by atoms with Crippen LogP contribution in [-0.4, -0.2) is 19.4 Å². The van der Waals surface area contributed by atoms with Crippen LogP contribution in [0.2, 0.25) is 0 Å². The van der Waals surface area contributed by atoms with E-state index in [-0.39, 0.29) is 5.78 Å². The fourth-order valence-electron chi connectivity index (χ4n) is 1.86. The zero-order chi connectivity index (χ0) is 13.1. The first kappa shape index (κ1) is 13.3. The maximum atomic E-state index is 12.2. The van der Waals surface area contributed by atoms with Gasteiger partial charge in [-0.2, -0.15) is 0 Å². The number of carbonyl (C=O) groups excluding carboxylic acids is 1. The molecule has 0 saturated heterocycles. The monoisotopic (exact) mass is 323 g/mol. The SMILES string of the molecule is Cc1ccccc1N(C)CC(=O)c1sccc1Br. The Labute approximate surface area is 119 Å². The van der Waals surface area contributed by atoms with Gasteiger partial charge in [0.25, 0.3) is 0 Å². The topological polar surface area (TPSA) is 20.3 Å². The molecule has 0 saturated carbocycles. The molecule has 18 heavy (non-hydrogen) atoms. The molecule has 0 unspecified atom stereocenters. The van der Waals surface area contributed by atoms with Crippen LogP contribution in [0.1, 0.15) is 15.2 Å². The molecule has 0 atom stereocenters. The highest BCUT2D eigenvalue weighted by Gasteiger charge is 2.14. The van der Waals surface area contributed by atoms with Gasteiger partial charge in [-0.1, -0.05) is 18.2 Å². The van der Waals surface area contributed by atoms with Crippen molar-refractivity contribution < 1.29 is 4.79 Å². The highest BCUT2D eigenvalue weighted by atomic mass is 79.9. The summed E-state index contributed by atoms with van der Waals surface area (Å²) in [6.45, 7) is 2.45. The van der Waals surface area contributed by atoms with Crippen molar-refractivity contribution in [1.29, 1.82) is 0 Å². The lowest BCUT2D eigenvalue weighted by Gasteiger charge is -2.20. The van der Waals surface area contributed by atoms with Gasteiger partial charge in [0, 0.05) is 17.2 Å². The van der Waals surface area contributed by atoms with Crippen LogP contribution >= 0.6 is 27.3 Å². The summed E-state index contributed by atoms with van der Waals surface area (Å²) in [5.74, 6) is 0.141. The molecule has 1 aromatic heterocycles. The number of hydrogen-bond donors (Lipinski definition) is 0. The minimum absolute atomic E-state index is 0.141. The lowest BCUT2D eigenvalue weighted by atomic mass is 10.2. The fourth-order valence-corrected chi connectivity index (χ4v) is 3.38. The molecule has 4 heteroatoms. The molecular formula is C14H14BrNOS. The number of halogens is 1. The van der Waals surface area contributed by atoms with Crippen LogP contribution < -0.4 is 4.90 Å². The maximum absolute atomic E-state index is 12.2. The molecule has 0 aliphatic carbocycles. The van der Waals surface area contributed by atoms with E-state index in [4.69, 9.17) is 0 Å². The summed E-state index contributed by atoms with van der Waals surface area (Å²) in [5.41, 5.74) is 2.27. The Bertz CT molecular complexity index is 564. The van der Waals surface area contributed by atoms with Crippen LogP contribution in [0.4, 0.5) is 5.69 Å². The Kier molecular flexibility index (Phi) is 4.19. The number of Topliss-reactive ketones (excluding diaryl/α,β-unsaturated/α-hetero) is 1. The molecule has 2 aromatic rings. The summed E-state index contributed by atoms with van der Waals surface area (Å²) in [5, 5.41) is 1.92. The van der Waals surface area contributed by atoms with Gasteiger partial charge in [-0.05, 0) is 45.9 Å². The number of para-hydroxylation sites is 1. The van der Waals surface area contributed by atoms with E-state index in [1.165, 1.54) is 16.9 Å². The summed E-state index contributed by atoms with van der Waals surface area (Å²) in [4.78, 5) is 14.9. The molecule has 0 amide bonds. The second-order valence-corrected chi connectivity index (χ2v) is 5.93. The van der Waals surface area contributed by atoms with Gasteiger partial charge in [-0.15, -0.1) is 11.3 Å². The summed E-state index contributed by atoms with van der Waals surface area (Å²) >= 11 is 4.87. The van der Waals surface area contributed by atoms with E-state index in [0.717, 1.165) is 15.0 Å². The van der Waals surface area contributed by atoms with Crippen molar-refractivity contribution in [3.05, 3.63) is 50.6 Å². The quantitative estimate of drug-likeness (QED) is 0.788. The molecule has 0 aliphatic heterocycles. The standard InChI is InChI=1S/C14H14BrNOS/c1-10-5-3-4-6-12(10)16(2)9-13(17)14-11(15)7-8-18-14/h3-8H,9H2,1-2H3. The Morgan fingerprint density at radius 2 is 2.06 bits per heavy atom. The second-order valence-electron chi connectivity index (χ2n) is 4.16. The van der Waals surface area contributed by atoms with Crippen LogP contribution in [0, 0.1) is 6.92 Å². The first-order valence-electron chi connectivity index (χ1n) is 5.62. The van der Waals surface area contributed by atoms with Gasteiger partial charge < -0.3 is 4.90 Å². The number of likely N-dealkylation sites (N-methyl/N-ethyl adjacent to an activating group) is 1. The van der Waals surface area contributed by atoms with E-state index in [1.807, 2.05) is 41.6 Å². The number of rotatable bonds is 4. The molecule has 0 spiro atoms. The minimum Gasteiger partial charge on any atom is -0.367 e. The van der Waals surface area contributed by atoms with Crippen molar-refractivity contribution in [1.82, 2.24) is 0 Å². The van der Waals surface area contributed by atoms with Crippen molar-refractivity contribution in [2.75, 3.05) is 18.5 Å². The van der Waals surface area contributed by atoms with E-state index >= 15 is 0 Å². The van der Waals surface area contributed by atoms with E-state index in [9.17, 15) is 4.79 Å². The van der Waals surface area contributed by atoms with Crippen molar-refractivity contribution in [3.8, 4) is 0 Å². The van der Waals surface area contributed by atoms with Crippen molar-refractivity contribution in [2.24, 2.45) is 0 Å². The zero-order valence-electron chi connectivity index (χ0n) is 10.3. The van der Waals surface area contributed by atoms with Gasteiger partial charge >= 0.3 is 0 Å². The lowest BCUT2D eigenvalue weighted by molar-refractivity contribution is 0.100. The van der Waals surface area contributed by atoms with Crippen LogP contribution in [0.3, 0.4) is 0 Å². The summed E-state index contributed by atoms with van der Waals surface area (Å²) < 4.78 is 0.885. The molecule has 0 bridgehead atoms. The summed E-state index contributed by atoms with van der Waals surface area (Å²) in [6.07, 6.45) is 0. The molecule has 0 aliphatic rings. The number of carbonyl (C=O) groups is 1. The fraction of sp³-hybridized carbons (Fsp3) is 0.214. The smallest absolute Gasteiger partial charge is 0.193 e. The average Bonchev–Trinajstić information content (AvgIpc) is 2.76. The normalized spacial score (nSPS) is 10.4. The lowest BCUT2D eigenvalue weighted by Crippen LogP contribution is -2.25. The molecule has 0 fully saturated rings. The molecule has 0 radical (unpaired) electrons. The highest BCUT2D eigenvalue weighted by molar-refractivity contribution is 9.10. The van der Waals surface area contributed by atoms with Crippen LogP contribution in [-0.2, 0) is 0 Å². The van der Waals surface area contributed by atoms with Crippen molar-refractivity contribution >= 4 is 38.7 Å². The van der Waals surface area contributed by atoms with Crippen LogP contribution in [0.5, 0.6) is 0 Å². The number of nitrogens with zero attached hydrogens (tertiary/aromatic N) is 1. The third-order valence-corrected chi connectivity index (χ3v) is 4.66. The largest absolute Gasteiger partial charge is 0.367 e. The van der Waals surface area contributed by atoms with Crippen LogP contribution in [0.25, 0.3) is 0 Å². The molecular weight excluding hydrogens is 310 g/mol. The second kappa shape index (κ2) is 5.67. The highest BCUT2D eigenvalue weighted by Crippen LogP contribution is 2.24. The third-order valence-electron chi connectivity index (χ3n) is 2.78. The van der Waals surface area contributed by atoms with E-state index in [0.29, 0.717) is 6.54 Å². The maximum Gasteiger partial charge on any atom is 0.193 e. The summed E-state index contributed by atoms with van der Waals surface area (Å²) in [6, 6.07) is 9.99. The minimum atomic E-state index is 0.141. The molecule has 2 rings (SSSR count). The number of aryl methyl sites for hydroxylation is 1. The van der Waals surface area contributed by atoms with Crippen molar-refractivity contribution in [2.45, 2.75) is 6.92 Å². The van der Waals surface area contributed by atoms with Crippen molar-refractivity contribution in [3.63, 3.8) is 0 Å². The number of anilines is 1. The Balaban J connectivity index is 2.13. The number of benzene rings is 1. The van der Waals surface area contributed by atoms with Gasteiger partial charge in [-0.25, -0.2) is 0 Å². The predicted molar refractivity (Wildman–Crippen MR) is 80.8 cm³/mol. The molecule has 1 aromatic carbocycles. The first-order valence-corrected chi connectivity index (χ1v) is 7.30. The molecule has 1 heterocycles. The third kappa shape index (κ3) is 2.82. The van der Waals surface area contributed by atoms with Gasteiger partial charge in [0.05, 0.1) is 11.4 Å². The van der Waals surface area contributed by atoms with E-state index in [2.05, 4.69) is 28.9 Å². The van der Waals surface area contributed by atoms with Gasteiger partial charge in [0.1, 0.15) is 0 Å². The molecule has 2 nitrogen and oxygen atoms in total. The van der Waals surface area contributed by atoms with E-state index < -0.39 is 0 Å². The number of thiophene rings is 1. The zero-order valence-corrected chi connectivity index (χ0v) is 12.7. The number of ketones is 1. The first-order chi connectivity index (χ1) is 8.59. The van der Waals surface area contributed by atoms with Gasteiger partial charge in [0.2, 0.25) is 0 Å². The average molecular weight is 324 g/mol. The van der Waals surface area contributed by atoms with Gasteiger partial charge in [-0.3, -0.25) is 4.79 Å². The Morgan fingerprint density at radius 1 is 1.33 bits per heavy atom. The Hall–Kier alpha value is -1.13. The van der Waals surface area contributed by atoms with Gasteiger partial charge in [0.15, 0.2) is 5.78 Å². The molecule has 0 N–H and O–H groups in total. The van der Waals surface area contributed by atoms with Crippen LogP contribution in [0.15, 0.2) is 40.2 Å². The number of hydrogen-bond acceptors (Lipinski definition) is 3. The molecule has 94 valence electrons. The summed E-state index contributed by atoms with van der Waals surface area (Å²) in [7, 11) is 1.95. The van der Waals surface area contributed by atoms with E-state index in [1.54, 1.807) is 0 Å². The Morgan fingerprint density at radius 3 is 2.67 bits per heavy atom. The predicted octanol–water partition coefficient (Wildman–Crippen LogP) is 4.14.